The number of nitrogen functional groups attached to an aromatic ring is 1. The fraction of sp³-hybridized carbons (Fsp3) is 0.125. The van der Waals surface area contributed by atoms with Crippen molar-refractivity contribution in [3.8, 4) is 5.75 Å². The van der Waals surface area contributed by atoms with E-state index in [9.17, 15) is 0 Å². The third kappa shape index (κ3) is 1.49. The van der Waals surface area contributed by atoms with Gasteiger partial charge in [0.2, 0.25) is 0 Å². The zero-order valence-corrected chi connectivity index (χ0v) is 9.28. The van der Waals surface area contributed by atoms with Crippen LogP contribution >= 0.6 is 27.3 Å². The van der Waals surface area contributed by atoms with Gasteiger partial charge in [0.05, 0.1) is 17.3 Å². The molecule has 0 saturated heterocycles. The molecule has 1 aromatic carbocycles. The summed E-state index contributed by atoms with van der Waals surface area (Å²) in [7, 11) is 1.64. The standard InChI is InChI=1S/C8H7BrN2OS/c1-12-4-2-5(9)7-6(3-4)13-8(10)11-7/h2-3H,1H3,(H2,10,11). The number of anilines is 1. The summed E-state index contributed by atoms with van der Waals surface area (Å²) in [5.41, 5.74) is 6.49. The van der Waals surface area contributed by atoms with Crippen molar-refractivity contribution in [3.05, 3.63) is 16.6 Å². The maximum atomic E-state index is 5.60. The number of halogens is 1. The van der Waals surface area contributed by atoms with Gasteiger partial charge in [-0.05, 0) is 28.1 Å². The molecule has 1 heterocycles. The minimum absolute atomic E-state index is 0.573. The van der Waals surface area contributed by atoms with Crippen molar-refractivity contribution in [2.24, 2.45) is 0 Å². The summed E-state index contributed by atoms with van der Waals surface area (Å²) in [5.74, 6) is 0.808. The van der Waals surface area contributed by atoms with Crippen molar-refractivity contribution < 1.29 is 4.74 Å². The third-order valence-corrected chi connectivity index (χ3v) is 3.11. The summed E-state index contributed by atoms with van der Waals surface area (Å²) >= 11 is 4.86. The molecule has 0 radical (unpaired) electrons. The van der Waals surface area contributed by atoms with Crippen molar-refractivity contribution >= 4 is 42.6 Å². The van der Waals surface area contributed by atoms with E-state index in [-0.39, 0.29) is 0 Å². The average Bonchev–Trinajstić information content (AvgIpc) is 2.46. The molecule has 2 aromatic rings. The second kappa shape index (κ2) is 3.16. The molecule has 0 aliphatic carbocycles. The molecular weight excluding hydrogens is 252 g/mol. The van der Waals surface area contributed by atoms with Crippen LogP contribution in [0.3, 0.4) is 0 Å². The van der Waals surface area contributed by atoms with E-state index in [0.29, 0.717) is 5.13 Å². The first-order chi connectivity index (χ1) is 6.20. The highest BCUT2D eigenvalue weighted by molar-refractivity contribution is 9.10. The number of thiazole rings is 1. The third-order valence-electron chi connectivity index (χ3n) is 1.67. The Morgan fingerprint density at radius 2 is 2.31 bits per heavy atom. The number of hydrogen-bond donors (Lipinski definition) is 1. The van der Waals surface area contributed by atoms with Gasteiger partial charge in [0, 0.05) is 4.47 Å². The maximum Gasteiger partial charge on any atom is 0.181 e. The van der Waals surface area contributed by atoms with E-state index in [1.807, 2.05) is 12.1 Å². The second-order valence-corrected chi connectivity index (χ2v) is 4.42. The number of fused-ring (bicyclic) bond motifs is 1. The van der Waals surface area contributed by atoms with Gasteiger partial charge < -0.3 is 10.5 Å². The molecule has 0 atom stereocenters. The van der Waals surface area contributed by atoms with Crippen LogP contribution in [0.25, 0.3) is 10.2 Å². The predicted molar refractivity (Wildman–Crippen MR) is 58.3 cm³/mol. The molecular formula is C8H7BrN2OS. The molecule has 1 aromatic heterocycles. The van der Waals surface area contributed by atoms with Gasteiger partial charge in [-0.2, -0.15) is 0 Å². The Labute approximate surface area is 87.7 Å². The fourth-order valence-corrected chi connectivity index (χ4v) is 2.55. The van der Waals surface area contributed by atoms with Crippen LogP contribution in [0.1, 0.15) is 0 Å². The monoisotopic (exact) mass is 258 g/mol. The highest BCUT2D eigenvalue weighted by atomic mass is 79.9. The summed E-state index contributed by atoms with van der Waals surface area (Å²) in [4.78, 5) is 4.18. The van der Waals surface area contributed by atoms with Gasteiger partial charge in [0.1, 0.15) is 5.75 Å². The number of benzene rings is 1. The van der Waals surface area contributed by atoms with E-state index in [1.165, 1.54) is 11.3 Å². The Morgan fingerprint density at radius 3 is 3.00 bits per heavy atom. The van der Waals surface area contributed by atoms with Gasteiger partial charge >= 0.3 is 0 Å². The van der Waals surface area contributed by atoms with Crippen LogP contribution < -0.4 is 10.5 Å². The smallest absolute Gasteiger partial charge is 0.181 e. The van der Waals surface area contributed by atoms with Gasteiger partial charge in [-0.3, -0.25) is 0 Å². The molecule has 3 nitrogen and oxygen atoms in total. The van der Waals surface area contributed by atoms with Gasteiger partial charge in [0.15, 0.2) is 5.13 Å². The molecule has 0 fully saturated rings. The number of hydrogen-bond acceptors (Lipinski definition) is 4. The molecule has 0 aliphatic heterocycles. The number of rotatable bonds is 1. The van der Waals surface area contributed by atoms with Gasteiger partial charge in [-0.1, -0.05) is 11.3 Å². The molecule has 0 aliphatic rings. The van der Waals surface area contributed by atoms with E-state index in [4.69, 9.17) is 10.5 Å². The van der Waals surface area contributed by atoms with Crippen LogP contribution in [0, 0.1) is 0 Å². The first kappa shape index (κ1) is 8.77. The van der Waals surface area contributed by atoms with Crippen LogP contribution in [0.15, 0.2) is 16.6 Å². The number of nitrogens with two attached hydrogens (primary N) is 1. The van der Waals surface area contributed by atoms with Crippen molar-refractivity contribution in [3.63, 3.8) is 0 Å². The van der Waals surface area contributed by atoms with Crippen LogP contribution in [-0.2, 0) is 0 Å². The number of nitrogens with zero attached hydrogens (tertiary/aromatic N) is 1. The molecule has 2 rings (SSSR count). The molecule has 0 saturated carbocycles. The minimum Gasteiger partial charge on any atom is -0.497 e. The lowest BCUT2D eigenvalue weighted by Gasteiger charge is -1.99. The highest BCUT2D eigenvalue weighted by Gasteiger charge is 2.06. The molecule has 0 spiro atoms. The SMILES string of the molecule is COc1cc(Br)c2nc(N)sc2c1. The van der Waals surface area contributed by atoms with Gasteiger partial charge in [-0.15, -0.1) is 0 Å². The molecule has 0 amide bonds. The van der Waals surface area contributed by atoms with Crippen molar-refractivity contribution in [2.75, 3.05) is 12.8 Å². The zero-order valence-electron chi connectivity index (χ0n) is 6.87. The molecule has 5 heteroatoms. The Balaban J connectivity index is 2.75. The average molecular weight is 259 g/mol. The zero-order chi connectivity index (χ0) is 9.42. The van der Waals surface area contributed by atoms with E-state index >= 15 is 0 Å². The van der Waals surface area contributed by atoms with E-state index in [2.05, 4.69) is 20.9 Å². The number of ether oxygens (including phenoxy) is 1. The first-order valence-corrected chi connectivity index (χ1v) is 5.21. The Kier molecular flexibility index (Phi) is 2.13. The summed E-state index contributed by atoms with van der Waals surface area (Å²) in [5, 5.41) is 0.573. The largest absolute Gasteiger partial charge is 0.497 e. The quantitative estimate of drug-likeness (QED) is 0.856. The molecule has 13 heavy (non-hydrogen) atoms. The lowest BCUT2D eigenvalue weighted by molar-refractivity contribution is 0.415. The Hall–Kier alpha value is -0.810. The van der Waals surface area contributed by atoms with Crippen molar-refractivity contribution in [1.82, 2.24) is 4.98 Å². The number of methoxy groups -OCH3 is 1. The first-order valence-electron chi connectivity index (χ1n) is 3.60. The summed E-state index contributed by atoms with van der Waals surface area (Å²) < 4.78 is 7.06. The normalized spacial score (nSPS) is 10.6. The highest BCUT2D eigenvalue weighted by Crippen LogP contribution is 2.33. The number of aromatic nitrogens is 1. The molecule has 0 bridgehead atoms. The van der Waals surface area contributed by atoms with E-state index < -0.39 is 0 Å². The van der Waals surface area contributed by atoms with Crippen LogP contribution in [0.2, 0.25) is 0 Å². The lowest BCUT2D eigenvalue weighted by atomic mass is 10.3. The summed E-state index contributed by atoms with van der Waals surface area (Å²) in [6, 6.07) is 3.80. The Morgan fingerprint density at radius 1 is 1.54 bits per heavy atom. The van der Waals surface area contributed by atoms with E-state index in [0.717, 1.165) is 20.4 Å². The van der Waals surface area contributed by atoms with Crippen LogP contribution in [0.5, 0.6) is 5.75 Å². The van der Waals surface area contributed by atoms with Gasteiger partial charge in [0.25, 0.3) is 0 Å². The molecule has 68 valence electrons. The lowest BCUT2D eigenvalue weighted by Crippen LogP contribution is -1.83. The predicted octanol–water partition coefficient (Wildman–Crippen LogP) is 2.65. The van der Waals surface area contributed by atoms with Crippen molar-refractivity contribution in [2.45, 2.75) is 0 Å². The summed E-state index contributed by atoms with van der Waals surface area (Å²) in [6.45, 7) is 0. The summed E-state index contributed by atoms with van der Waals surface area (Å²) in [6.07, 6.45) is 0. The van der Waals surface area contributed by atoms with Crippen LogP contribution in [0.4, 0.5) is 5.13 Å². The fourth-order valence-electron chi connectivity index (χ4n) is 1.10. The van der Waals surface area contributed by atoms with Crippen LogP contribution in [-0.4, -0.2) is 12.1 Å². The van der Waals surface area contributed by atoms with Gasteiger partial charge in [-0.25, -0.2) is 4.98 Å². The van der Waals surface area contributed by atoms with Crippen molar-refractivity contribution in [1.29, 1.82) is 0 Å². The topological polar surface area (TPSA) is 48.1 Å². The minimum atomic E-state index is 0.573. The maximum absolute atomic E-state index is 5.60. The Bertz CT molecular complexity index is 455. The second-order valence-electron chi connectivity index (χ2n) is 2.51. The molecule has 2 N–H and O–H groups in total. The van der Waals surface area contributed by atoms with E-state index in [1.54, 1.807) is 7.11 Å². The molecule has 0 unspecified atom stereocenters.